The quantitative estimate of drug-likeness (QED) is 0.835. The Morgan fingerprint density at radius 2 is 1.47 bits per heavy atom. The first-order valence-electron chi connectivity index (χ1n) is 4.96. The molecular formula is C13H9BrCl2O. The maximum atomic E-state index is 10.2. The average Bonchev–Trinajstić information content (AvgIpc) is 2.33. The van der Waals surface area contributed by atoms with Crippen LogP contribution in [0.15, 0.2) is 46.9 Å². The van der Waals surface area contributed by atoms with Gasteiger partial charge in [-0.2, -0.15) is 0 Å². The highest BCUT2D eigenvalue weighted by atomic mass is 79.9. The molecule has 1 nitrogen and oxygen atoms in total. The molecule has 0 amide bonds. The predicted octanol–water partition coefficient (Wildman–Crippen LogP) is 4.84. The van der Waals surface area contributed by atoms with Crippen LogP contribution in [0.5, 0.6) is 0 Å². The summed E-state index contributed by atoms with van der Waals surface area (Å²) in [7, 11) is 0. The number of hydrogen-bond donors (Lipinski definition) is 1. The van der Waals surface area contributed by atoms with E-state index in [1.807, 2.05) is 24.3 Å². The van der Waals surface area contributed by atoms with Gasteiger partial charge < -0.3 is 5.11 Å². The maximum Gasteiger partial charge on any atom is 0.104 e. The highest BCUT2D eigenvalue weighted by Gasteiger charge is 2.11. The zero-order valence-corrected chi connectivity index (χ0v) is 11.8. The molecule has 4 heteroatoms. The van der Waals surface area contributed by atoms with Crippen molar-refractivity contribution in [2.45, 2.75) is 6.10 Å². The Morgan fingerprint density at radius 3 is 2.06 bits per heavy atom. The summed E-state index contributed by atoms with van der Waals surface area (Å²) in [5.74, 6) is 0. The van der Waals surface area contributed by atoms with Gasteiger partial charge in [0.05, 0.1) is 10.0 Å². The highest BCUT2D eigenvalue weighted by Crippen LogP contribution is 2.29. The van der Waals surface area contributed by atoms with Crippen molar-refractivity contribution in [3.63, 3.8) is 0 Å². The van der Waals surface area contributed by atoms with Crippen LogP contribution in [0.4, 0.5) is 0 Å². The van der Waals surface area contributed by atoms with Crippen LogP contribution >= 0.6 is 39.1 Å². The van der Waals surface area contributed by atoms with Crippen LogP contribution in [0.3, 0.4) is 0 Å². The summed E-state index contributed by atoms with van der Waals surface area (Å²) in [5.41, 5.74) is 1.54. The fourth-order valence-corrected chi connectivity index (χ4v) is 2.09. The highest BCUT2D eigenvalue weighted by molar-refractivity contribution is 9.10. The summed E-state index contributed by atoms with van der Waals surface area (Å²) in [6.45, 7) is 0. The fraction of sp³-hybridized carbons (Fsp3) is 0.0769. The molecule has 2 aromatic carbocycles. The molecule has 0 unspecified atom stereocenters. The molecule has 2 rings (SSSR count). The van der Waals surface area contributed by atoms with Gasteiger partial charge in [0.2, 0.25) is 0 Å². The molecule has 0 aliphatic carbocycles. The van der Waals surface area contributed by atoms with E-state index in [1.165, 1.54) is 0 Å². The van der Waals surface area contributed by atoms with Crippen LogP contribution < -0.4 is 0 Å². The summed E-state index contributed by atoms with van der Waals surface area (Å²) in [4.78, 5) is 0. The van der Waals surface area contributed by atoms with E-state index in [1.54, 1.807) is 18.2 Å². The smallest absolute Gasteiger partial charge is 0.104 e. The normalized spacial score (nSPS) is 12.5. The van der Waals surface area contributed by atoms with Crippen molar-refractivity contribution in [2.75, 3.05) is 0 Å². The van der Waals surface area contributed by atoms with E-state index in [-0.39, 0.29) is 0 Å². The third-order valence-corrected chi connectivity index (χ3v) is 3.71. The Labute approximate surface area is 118 Å². The number of halogens is 3. The molecule has 0 radical (unpaired) electrons. The van der Waals surface area contributed by atoms with Crippen molar-refractivity contribution in [3.8, 4) is 0 Å². The van der Waals surface area contributed by atoms with Gasteiger partial charge in [0.15, 0.2) is 0 Å². The van der Waals surface area contributed by atoms with Crippen molar-refractivity contribution in [2.24, 2.45) is 0 Å². The third kappa shape index (κ3) is 3.02. The molecule has 0 aliphatic rings. The molecule has 0 saturated carbocycles. The van der Waals surface area contributed by atoms with Crippen LogP contribution in [0.1, 0.15) is 17.2 Å². The van der Waals surface area contributed by atoms with Crippen LogP contribution in [0, 0.1) is 0 Å². The molecule has 0 spiro atoms. The van der Waals surface area contributed by atoms with Crippen LogP contribution in [-0.2, 0) is 0 Å². The molecule has 0 fully saturated rings. The minimum Gasteiger partial charge on any atom is -0.384 e. The lowest BCUT2D eigenvalue weighted by atomic mass is 10.0. The van der Waals surface area contributed by atoms with Crippen molar-refractivity contribution in [1.82, 2.24) is 0 Å². The summed E-state index contributed by atoms with van der Waals surface area (Å²) >= 11 is 15.1. The molecule has 1 N–H and O–H groups in total. The summed E-state index contributed by atoms with van der Waals surface area (Å²) in [5, 5.41) is 11.1. The van der Waals surface area contributed by atoms with Gasteiger partial charge in [-0.05, 0) is 35.4 Å². The predicted molar refractivity (Wildman–Crippen MR) is 74.7 cm³/mol. The van der Waals surface area contributed by atoms with E-state index in [9.17, 15) is 5.11 Å². The van der Waals surface area contributed by atoms with Crippen molar-refractivity contribution < 1.29 is 5.11 Å². The minimum absolute atomic E-state index is 0.445. The Hall–Kier alpha value is -0.540. The lowest BCUT2D eigenvalue weighted by molar-refractivity contribution is 0.220. The monoisotopic (exact) mass is 330 g/mol. The Balaban J connectivity index is 2.33. The lowest BCUT2D eigenvalue weighted by Gasteiger charge is -2.12. The molecular weight excluding hydrogens is 323 g/mol. The molecule has 0 heterocycles. The lowest BCUT2D eigenvalue weighted by Crippen LogP contribution is -1.99. The Bertz CT molecular complexity index is 525. The molecule has 0 aliphatic heterocycles. The first kappa shape index (κ1) is 12.9. The Kier molecular flexibility index (Phi) is 4.10. The molecule has 1 atom stereocenters. The average molecular weight is 332 g/mol. The van der Waals surface area contributed by atoms with Crippen molar-refractivity contribution in [1.29, 1.82) is 0 Å². The van der Waals surface area contributed by atoms with E-state index in [0.717, 1.165) is 15.6 Å². The minimum atomic E-state index is -0.696. The first-order chi connectivity index (χ1) is 8.08. The fourth-order valence-electron chi connectivity index (χ4n) is 1.52. The molecule has 88 valence electrons. The molecule has 2 aromatic rings. The second-order valence-electron chi connectivity index (χ2n) is 3.63. The molecule has 0 bridgehead atoms. The molecule has 0 aromatic heterocycles. The SMILES string of the molecule is O[C@H](c1ccc(Br)cc1)c1ccc(Cl)c(Cl)c1. The standard InChI is InChI=1S/C13H9BrCl2O/c14-10-4-1-8(2-5-10)13(17)9-3-6-11(15)12(16)7-9/h1-7,13,17H/t13-/m1/s1. The van der Waals surface area contributed by atoms with Crippen LogP contribution in [0.25, 0.3) is 0 Å². The zero-order chi connectivity index (χ0) is 12.4. The van der Waals surface area contributed by atoms with Crippen LogP contribution in [0.2, 0.25) is 10.0 Å². The second kappa shape index (κ2) is 5.40. The van der Waals surface area contributed by atoms with E-state index in [4.69, 9.17) is 23.2 Å². The number of rotatable bonds is 2. The second-order valence-corrected chi connectivity index (χ2v) is 5.36. The number of aliphatic hydroxyl groups excluding tert-OH is 1. The van der Waals surface area contributed by atoms with Gasteiger partial charge in [0.25, 0.3) is 0 Å². The van der Waals surface area contributed by atoms with Gasteiger partial charge in [-0.25, -0.2) is 0 Å². The van der Waals surface area contributed by atoms with Gasteiger partial charge in [0, 0.05) is 4.47 Å². The van der Waals surface area contributed by atoms with E-state index in [2.05, 4.69) is 15.9 Å². The van der Waals surface area contributed by atoms with Gasteiger partial charge in [-0.1, -0.05) is 57.3 Å². The van der Waals surface area contributed by atoms with Crippen molar-refractivity contribution in [3.05, 3.63) is 68.1 Å². The zero-order valence-electron chi connectivity index (χ0n) is 8.70. The topological polar surface area (TPSA) is 20.2 Å². The number of aliphatic hydroxyl groups is 1. The summed E-state index contributed by atoms with van der Waals surface area (Å²) < 4.78 is 0.975. The first-order valence-corrected chi connectivity index (χ1v) is 6.51. The molecule has 0 saturated heterocycles. The number of hydrogen-bond acceptors (Lipinski definition) is 1. The summed E-state index contributed by atoms with van der Waals surface area (Å²) in [6.07, 6.45) is -0.696. The Morgan fingerprint density at radius 1 is 0.882 bits per heavy atom. The van der Waals surface area contributed by atoms with Crippen molar-refractivity contribution >= 4 is 39.1 Å². The van der Waals surface area contributed by atoms with Gasteiger partial charge >= 0.3 is 0 Å². The van der Waals surface area contributed by atoms with Crippen LogP contribution in [-0.4, -0.2) is 5.11 Å². The van der Waals surface area contributed by atoms with Gasteiger partial charge in [-0.15, -0.1) is 0 Å². The third-order valence-electron chi connectivity index (χ3n) is 2.45. The summed E-state index contributed by atoms with van der Waals surface area (Å²) in [6, 6.07) is 12.6. The van der Waals surface area contributed by atoms with E-state index < -0.39 is 6.10 Å². The van der Waals surface area contributed by atoms with E-state index in [0.29, 0.717) is 10.0 Å². The number of benzene rings is 2. The maximum absolute atomic E-state index is 10.2. The molecule has 17 heavy (non-hydrogen) atoms. The van der Waals surface area contributed by atoms with Gasteiger partial charge in [-0.3, -0.25) is 0 Å². The van der Waals surface area contributed by atoms with E-state index >= 15 is 0 Å². The van der Waals surface area contributed by atoms with Gasteiger partial charge in [0.1, 0.15) is 6.10 Å². The largest absolute Gasteiger partial charge is 0.384 e.